The molecule has 0 aliphatic carbocycles. The lowest BCUT2D eigenvalue weighted by Gasteiger charge is -2.16. The van der Waals surface area contributed by atoms with E-state index in [2.05, 4.69) is 41.2 Å². The summed E-state index contributed by atoms with van der Waals surface area (Å²) >= 11 is 5.34. The number of anilines is 1. The van der Waals surface area contributed by atoms with Gasteiger partial charge in [-0.3, -0.25) is 0 Å². The lowest BCUT2D eigenvalue weighted by atomic mass is 10.1. The van der Waals surface area contributed by atoms with Crippen LogP contribution in [0.1, 0.15) is 25.8 Å². The first-order valence-corrected chi connectivity index (χ1v) is 7.66. The summed E-state index contributed by atoms with van der Waals surface area (Å²) in [7, 11) is 0. The third kappa shape index (κ3) is 4.61. The normalized spacial score (nSPS) is 11.9. The minimum absolute atomic E-state index is 0.385. The lowest BCUT2D eigenvalue weighted by molar-refractivity contribution is 0.771. The molecule has 92 valence electrons. The Morgan fingerprint density at radius 2 is 2.29 bits per heavy atom. The van der Waals surface area contributed by atoms with Gasteiger partial charge < -0.3 is 5.32 Å². The van der Waals surface area contributed by atoms with Crippen molar-refractivity contribution in [1.29, 1.82) is 5.26 Å². The smallest absolute Gasteiger partial charge is 0.103 e. The molecule has 1 N–H and O–H groups in total. The molecule has 17 heavy (non-hydrogen) atoms. The summed E-state index contributed by atoms with van der Waals surface area (Å²) in [5, 5.41) is 12.5. The van der Waals surface area contributed by atoms with Crippen molar-refractivity contribution in [3.8, 4) is 6.07 Å². The molecule has 1 unspecified atom stereocenters. The maximum Gasteiger partial charge on any atom is 0.103 e. The van der Waals surface area contributed by atoms with Crippen LogP contribution >= 0.6 is 27.7 Å². The monoisotopic (exact) mass is 312 g/mol. The number of halogens is 1. The summed E-state index contributed by atoms with van der Waals surface area (Å²) in [6, 6.07) is 8.39. The topological polar surface area (TPSA) is 35.8 Å². The van der Waals surface area contributed by atoms with Crippen molar-refractivity contribution < 1.29 is 0 Å². The van der Waals surface area contributed by atoms with Gasteiger partial charge in [0, 0.05) is 10.5 Å². The maximum absolute atomic E-state index is 9.10. The fraction of sp³-hybridized carbons (Fsp3) is 0.462. The molecule has 4 heteroatoms. The molecular formula is C13H17BrN2S. The third-order valence-corrected chi connectivity index (χ3v) is 4.02. The number of rotatable bonds is 6. The maximum atomic E-state index is 9.10. The Morgan fingerprint density at radius 1 is 1.53 bits per heavy atom. The first-order valence-electron chi connectivity index (χ1n) is 5.72. The van der Waals surface area contributed by atoms with E-state index in [1.54, 1.807) is 0 Å². The Balaban J connectivity index is 2.62. The predicted molar refractivity (Wildman–Crippen MR) is 79.6 cm³/mol. The van der Waals surface area contributed by atoms with Gasteiger partial charge in [-0.2, -0.15) is 17.0 Å². The van der Waals surface area contributed by atoms with E-state index in [1.807, 2.05) is 30.0 Å². The minimum Gasteiger partial charge on any atom is -0.381 e. The van der Waals surface area contributed by atoms with Crippen LogP contribution in [0.4, 0.5) is 5.69 Å². The summed E-state index contributed by atoms with van der Waals surface area (Å²) < 4.78 is 0.847. The van der Waals surface area contributed by atoms with E-state index in [0.717, 1.165) is 28.1 Å². The largest absolute Gasteiger partial charge is 0.381 e. The van der Waals surface area contributed by atoms with Gasteiger partial charge in [0.2, 0.25) is 0 Å². The first-order chi connectivity index (χ1) is 8.19. The zero-order chi connectivity index (χ0) is 12.7. The van der Waals surface area contributed by atoms with Crippen LogP contribution in [0.25, 0.3) is 0 Å². The van der Waals surface area contributed by atoms with Gasteiger partial charge in [-0.05, 0) is 52.9 Å². The minimum atomic E-state index is 0.385. The highest BCUT2D eigenvalue weighted by atomic mass is 79.9. The van der Waals surface area contributed by atoms with E-state index in [4.69, 9.17) is 5.26 Å². The van der Waals surface area contributed by atoms with Crippen LogP contribution in [-0.2, 0) is 0 Å². The number of nitrogens with zero attached hydrogens (tertiary/aromatic N) is 1. The van der Waals surface area contributed by atoms with E-state index < -0.39 is 0 Å². The van der Waals surface area contributed by atoms with E-state index in [-0.39, 0.29) is 0 Å². The first kappa shape index (κ1) is 14.4. The molecule has 0 saturated heterocycles. The van der Waals surface area contributed by atoms with Crippen LogP contribution in [0.15, 0.2) is 22.7 Å². The number of nitrogens with one attached hydrogen (secondary N) is 1. The fourth-order valence-corrected chi connectivity index (χ4v) is 2.76. The van der Waals surface area contributed by atoms with Crippen molar-refractivity contribution in [1.82, 2.24) is 0 Å². The molecule has 0 spiro atoms. The fourth-order valence-electron chi connectivity index (χ4n) is 1.50. The molecule has 0 aliphatic heterocycles. The van der Waals surface area contributed by atoms with Crippen LogP contribution in [0.5, 0.6) is 0 Å². The molecular weight excluding hydrogens is 296 g/mol. The molecule has 0 aliphatic rings. The number of thioether (sulfide) groups is 1. The Bertz CT molecular complexity index is 401. The zero-order valence-electron chi connectivity index (χ0n) is 10.2. The van der Waals surface area contributed by atoms with Crippen molar-refractivity contribution in [3.63, 3.8) is 0 Å². The van der Waals surface area contributed by atoms with Gasteiger partial charge in [-0.1, -0.05) is 13.0 Å². The summed E-state index contributed by atoms with van der Waals surface area (Å²) in [6.07, 6.45) is 1.11. The number of nitriles is 1. The Morgan fingerprint density at radius 3 is 2.94 bits per heavy atom. The highest BCUT2D eigenvalue weighted by Gasteiger charge is 2.08. The van der Waals surface area contributed by atoms with Gasteiger partial charge in [0.05, 0.1) is 11.3 Å². The molecule has 2 nitrogen and oxygen atoms in total. The van der Waals surface area contributed by atoms with Crippen molar-refractivity contribution in [3.05, 3.63) is 28.2 Å². The van der Waals surface area contributed by atoms with Crippen LogP contribution in [0.3, 0.4) is 0 Å². The highest BCUT2D eigenvalue weighted by Crippen LogP contribution is 2.24. The second-order valence-electron chi connectivity index (χ2n) is 3.81. The number of hydrogen-bond donors (Lipinski definition) is 1. The Kier molecular flexibility index (Phi) is 6.46. The Labute approximate surface area is 116 Å². The van der Waals surface area contributed by atoms with Gasteiger partial charge in [0.25, 0.3) is 0 Å². The van der Waals surface area contributed by atoms with Crippen LogP contribution in [0.2, 0.25) is 0 Å². The van der Waals surface area contributed by atoms with Crippen molar-refractivity contribution in [2.45, 2.75) is 26.3 Å². The van der Waals surface area contributed by atoms with E-state index in [1.165, 1.54) is 0 Å². The van der Waals surface area contributed by atoms with Gasteiger partial charge >= 0.3 is 0 Å². The average Bonchev–Trinajstić information content (AvgIpc) is 2.29. The molecule has 0 bridgehead atoms. The molecule has 0 fully saturated rings. The second-order valence-corrected chi connectivity index (χ2v) is 6.05. The second kappa shape index (κ2) is 7.62. The third-order valence-electron chi connectivity index (χ3n) is 2.43. The molecule has 1 aromatic rings. The molecule has 0 radical (unpaired) electrons. The molecule has 0 aromatic heterocycles. The SMILES string of the molecule is CCSCCC(C)Nc1cccc(Br)c1C#N. The van der Waals surface area contributed by atoms with Crippen molar-refractivity contribution in [2.75, 3.05) is 16.8 Å². The quantitative estimate of drug-likeness (QED) is 0.797. The Hall–Kier alpha value is -0.660. The summed E-state index contributed by atoms with van der Waals surface area (Å²) in [5.74, 6) is 2.31. The van der Waals surface area contributed by atoms with E-state index >= 15 is 0 Å². The van der Waals surface area contributed by atoms with E-state index in [0.29, 0.717) is 11.6 Å². The van der Waals surface area contributed by atoms with Crippen LogP contribution in [0, 0.1) is 11.3 Å². The van der Waals surface area contributed by atoms with Crippen molar-refractivity contribution >= 4 is 33.4 Å². The molecule has 1 aromatic carbocycles. The number of benzene rings is 1. The van der Waals surface area contributed by atoms with Crippen LogP contribution < -0.4 is 5.32 Å². The van der Waals surface area contributed by atoms with Gasteiger partial charge in [-0.25, -0.2) is 0 Å². The summed E-state index contributed by atoms with van der Waals surface area (Å²) in [4.78, 5) is 0. The van der Waals surface area contributed by atoms with Gasteiger partial charge in [0.1, 0.15) is 6.07 Å². The predicted octanol–water partition coefficient (Wildman–Crippen LogP) is 4.26. The van der Waals surface area contributed by atoms with Gasteiger partial charge in [-0.15, -0.1) is 0 Å². The number of hydrogen-bond acceptors (Lipinski definition) is 3. The average molecular weight is 313 g/mol. The molecule has 1 atom stereocenters. The summed E-state index contributed by atoms with van der Waals surface area (Å²) in [5.41, 5.74) is 1.60. The van der Waals surface area contributed by atoms with E-state index in [9.17, 15) is 0 Å². The molecule has 0 heterocycles. The summed E-state index contributed by atoms with van der Waals surface area (Å²) in [6.45, 7) is 4.32. The van der Waals surface area contributed by atoms with Crippen LogP contribution in [-0.4, -0.2) is 17.5 Å². The van der Waals surface area contributed by atoms with Gasteiger partial charge in [0.15, 0.2) is 0 Å². The van der Waals surface area contributed by atoms with Crippen molar-refractivity contribution in [2.24, 2.45) is 0 Å². The highest BCUT2D eigenvalue weighted by molar-refractivity contribution is 9.10. The standard InChI is InChI=1S/C13H17BrN2S/c1-3-17-8-7-10(2)16-13-6-4-5-12(14)11(13)9-15/h4-6,10,16H,3,7-8H2,1-2H3. The zero-order valence-corrected chi connectivity index (χ0v) is 12.6. The molecule has 0 amide bonds. The molecule has 1 rings (SSSR count). The lowest BCUT2D eigenvalue weighted by Crippen LogP contribution is -2.16. The molecule has 0 saturated carbocycles.